The van der Waals surface area contributed by atoms with Gasteiger partial charge in [-0.25, -0.2) is 4.98 Å². The first kappa shape index (κ1) is 25.4. The van der Waals surface area contributed by atoms with E-state index in [0.717, 1.165) is 60.4 Å². The molecule has 4 aromatic rings. The first-order valence-corrected chi connectivity index (χ1v) is 12.6. The van der Waals surface area contributed by atoms with Crippen LogP contribution in [0.3, 0.4) is 0 Å². The zero-order valence-corrected chi connectivity index (χ0v) is 21.6. The molecule has 0 bridgehead atoms. The van der Waals surface area contributed by atoms with Crippen molar-refractivity contribution in [3.8, 4) is 5.75 Å². The summed E-state index contributed by atoms with van der Waals surface area (Å²) in [5.74, 6) is 0.760. The van der Waals surface area contributed by atoms with Crippen molar-refractivity contribution in [1.29, 1.82) is 0 Å². The summed E-state index contributed by atoms with van der Waals surface area (Å²) in [6.07, 6.45) is 0.838. The summed E-state index contributed by atoms with van der Waals surface area (Å²) in [5, 5.41) is 1.55. The molecule has 2 aromatic carbocycles. The third kappa shape index (κ3) is 5.46. The van der Waals surface area contributed by atoms with Gasteiger partial charge in [0.1, 0.15) is 0 Å². The van der Waals surface area contributed by atoms with Crippen LogP contribution in [0.1, 0.15) is 29.5 Å². The van der Waals surface area contributed by atoms with Crippen LogP contribution in [0.25, 0.3) is 21.2 Å². The molecule has 1 fully saturated rings. The number of anilines is 1. The number of carbonyl (C=O) groups excluding carboxylic acids is 1. The van der Waals surface area contributed by atoms with Gasteiger partial charge < -0.3 is 13.9 Å². The number of para-hydroxylation sites is 2. The number of aromatic nitrogens is 1. The topological polar surface area (TPSA) is 68.0 Å². The van der Waals surface area contributed by atoms with Crippen LogP contribution in [-0.2, 0) is 4.74 Å². The highest BCUT2D eigenvalue weighted by molar-refractivity contribution is 7.22. The van der Waals surface area contributed by atoms with Crippen LogP contribution in [0, 0.1) is 6.92 Å². The predicted octanol–water partition coefficient (Wildman–Crippen LogP) is 5.54. The summed E-state index contributed by atoms with van der Waals surface area (Å²) in [4.78, 5) is 22.7. The van der Waals surface area contributed by atoms with Gasteiger partial charge in [0.05, 0.1) is 30.0 Å². The van der Waals surface area contributed by atoms with Crippen molar-refractivity contribution in [3.63, 3.8) is 0 Å². The Bertz CT molecular complexity index is 1300. The highest BCUT2D eigenvalue weighted by atomic mass is 35.5. The lowest BCUT2D eigenvalue weighted by molar-refractivity contribution is 0.0376. The Morgan fingerprint density at radius 1 is 1.20 bits per heavy atom. The molecular formula is C26H30ClN3O4S. The molecule has 1 saturated heterocycles. The second-order valence-corrected chi connectivity index (χ2v) is 9.41. The second-order valence-electron chi connectivity index (χ2n) is 8.40. The van der Waals surface area contributed by atoms with Gasteiger partial charge in [-0.15, -0.1) is 12.4 Å². The van der Waals surface area contributed by atoms with E-state index in [2.05, 4.69) is 11.0 Å². The molecule has 7 nitrogen and oxygen atoms in total. The summed E-state index contributed by atoms with van der Waals surface area (Å²) in [7, 11) is 0. The Labute approximate surface area is 215 Å². The van der Waals surface area contributed by atoms with Gasteiger partial charge in [-0.2, -0.15) is 0 Å². The number of morpholine rings is 1. The van der Waals surface area contributed by atoms with Gasteiger partial charge in [-0.3, -0.25) is 14.6 Å². The van der Waals surface area contributed by atoms with E-state index in [1.807, 2.05) is 44.2 Å². The molecule has 1 aliphatic heterocycles. The van der Waals surface area contributed by atoms with E-state index in [0.29, 0.717) is 35.4 Å². The Kier molecular flexibility index (Phi) is 8.28. The van der Waals surface area contributed by atoms with E-state index in [1.165, 1.54) is 0 Å². The number of furan rings is 1. The van der Waals surface area contributed by atoms with E-state index < -0.39 is 0 Å². The van der Waals surface area contributed by atoms with Crippen LogP contribution in [0.5, 0.6) is 5.75 Å². The fraction of sp³-hybridized carbons (Fsp3) is 0.385. The minimum Gasteiger partial charge on any atom is -0.490 e. The molecular weight excluding hydrogens is 486 g/mol. The van der Waals surface area contributed by atoms with Crippen molar-refractivity contribution in [2.45, 2.75) is 20.3 Å². The molecule has 2 aromatic heterocycles. The van der Waals surface area contributed by atoms with E-state index in [1.54, 1.807) is 22.3 Å². The van der Waals surface area contributed by atoms with Crippen LogP contribution in [0.2, 0.25) is 0 Å². The summed E-state index contributed by atoms with van der Waals surface area (Å²) >= 11 is 1.54. The second kappa shape index (κ2) is 11.4. The minimum atomic E-state index is -0.183. The Balaban J connectivity index is 0.00000289. The molecule has 1 amide bonds. The highest BCUT2D eigenvalue weighted by Crippen LogP contribution is 2.33. The van der Waals surface area contributed by atoms with Gasteiger partial charge in [0.2, 0.25) is 0 Å². The molecule has 0 radical (unpaired) electrons. The lowest BCUT2D eigenvalue weighted by atomic mass is 10.2. The van der Waals surface area contributed by atoms with Gasteiger partial charge in [0.15, 0.2) is 22.2 Å². The number of ether oxygens (including phenoxy) is 2. The maximum Gasteiger partial charge on any atom is 0.295 e. The number of hydrogen-bond acceptors (Lipinski definition) is 7. The zero-order valence-electron chi connectivity index (χ0n) is 20.0. The average Bonchev–Trinajstić information content (AvgIpc) is 3.48. The minimum absolute atomic E-state index is 0. The Morgan fingerprint density at radius 2 is 2.00 bits per heavy atom. The molecule has 1 aliphatic rings. The van der Waals surface area contributed by atoms with Crippen molar-refractivity contribution in [3.05, 3.63) is 53.8 Å². The van der Waals surface area contributed by atoms with Gasteiger partial charge in [0, 0.05) is 31.6 Å². The number of rotatable bonds is 8. The first-order valence-electron chi connectivity index (χ1n) is 11.8. The lowest BCUT2D eigenvalue weighted by Crippen LogP contribution is -2.39. The third-order valence-electron chi connectivity index (χ3n) is 6.06. The van der Waals surface area contributed by atoms with Crippen LogP contribution < -0.4 is 9.64 Å². The van der Waals surface area contributed by atoms with E-state index in [4.69, 9.17) is 18.9 Å². The molecule has 0 saturated carbocycles. The SMILES string of the molecule is CCOc1cccc2cc(C(=O)N(CCCN3CCOCC3)c3nc4c(C)cccc4s3)oc12.Cl. The highest BCUT2D eigenvalue weighted by Gasteiger charge is 2.25. The van der Waals surface area contributed by atoms with Crippen molar-refractivity contribution in [2.24, 2.45) is 0 Å². The smallest absolute Gasteiger partial charge is 0.295 e. The number of aryl methyl sites for hydroxylation is 1. The quantitative estimate of drug-likeness (QED) is 0.307. The maximum absolute atomic E-state index is 13.8. The molecule has 35 heavy (non-hydrogen) atoms. The average molecular weight is 516 g/mol. The lowest BCUT2D eigenvalue weighted by Gasteiger charge is -2.27. The van der Waals surface area contributed by atoms with Crippen LogP contribution in [0.4, 0.5) is 5.13 Å². The fourth-order valence-electron chi connectivity index (χ4n) is 4.30. The van der Waals surface area contributed by atoms with Gasteiger partial charge >= 0.3 is 0 Å². The molecule has 0 aliphatic carbocycles. The molecule has 5 rings (SSSR count). The number of amides is 1. The van der Waals surface area contributed by atoms with E-state index in [9.17, 15) is 4.79 Å². The van der Waals surface area contributed by atoms with E-state index in [-0.39, 0.29) is 18.3 Å². The molecule has 186 valence electrons. The van der Waals surface area contributed by atoms with Crippen molar-refractivity contribution in [2.75, 3.05) is 50.9 Å². The maximum atomic E-state index is 13.8. The van der Waals surface area contributed by atoms with Crippen LogP contribution in [-0.4, -0.2) is 61.8 Å². The number of benzene rings is 2. The molecule has 9 heteroatoms. The molecule has 0 N–H and O–H groups in total. The van der Waals surface area contributed by atoms with Crippen LogP contribution >= 0.6 is 23.7 Å². The summed E-state index contributed by atoms with van der Waals surface area (Å²) < 4.78 is 18.3. The molecule has 0 atom stereocenters. The predicted molar refractivity (Wildman–Crippen MR) is 143 cm³/mol. The number of hydrogen-bond donors (Lipinski definition) is 0. The van der Waals surface area contributed by atoms with E-state index >= 15 is 0 Å². The van der Waals surface area contributed by atoms with Gasteiger partial charge in [0.25, 0.3) is 5.91 Å². The zero-order chi connectivity index (χ0) is 23.5. The summed E-state index contributed by atoms with van der Waals surface area (Å²) in [5.41, 5.74) is 2.64. The van der Waals surface area contributed by atoms with Crippen molar-refractivity contribution in [1.82, 2.24) is 9.88 Å². The molecule has 3 heterocycles. The third-order valence-corrected chi connectivity index (χ3v) is 7.11. The summed E-state index contributed by atoms with van der Waals surface area (Å²) in [6, 6.07) is 13.6. The van der Waals surface area contributed by atoms with Crippen molar-refractivity contribution < 1.29 is 18.7 Å². The molecule has 0 unspecified atom stereocenters. The number of nitrogens with zero attached hydrogens (tertiary/aromatic N) is 3. The van der Waals surface area contributed by atoms with Gasteiger partial charge in [-0.05, 0) is 44.0 Å². The van der Waals surface area contributed by atoms with Crippen LogP contribution in [0.15, 0.2) is 46.9 Å². The largest absolute Gasteiger partial charge is 0.490 e. The Hall–Kier alpha value is -2.65. The van der Waals surface area contributed by atoms with Gasteiger partial charge in [-0.1, -0.05) is 35.6 Å². The standard InChI is InChI=1S/C26H29N3O4S.ClH/c1-3-32-20-9-5-8-19-17-21(33-24(19)20)25(30)29(12-6-11-28-13-15-31-16-14-28)26-27-23-18(2)7-4-10-22(23)34-26;/h4-5,7-10,17H,3,6,11-16H2,1-2H3;1H. The summed E-state index contributed by atoms with van der Waals surface area (Å²) in [6.45, 7) is 9.36. The number of carbonyl (C=O) groups is 1. The number of halogens is 1. The van der Waals surface area contributed by atoms with Crippen molar-refractivity contribution >= 4 is 56.0 Å². The number of thiazole rings is 1. The Morgan fingerprint density at radius 3 is 2.77 bits per heavy atom. The number of fused-ring (bicyclic) bond motifs is 2. The first-order chi connectivity index (χ1) is 16.6. The monoisotopic (exact) mass is 515 g/mol. The normalized spacial score (nSPS) is 14.2. The molecule has 0 spiro atoms. The fourth-order valence-corrected chi connectivity index (χ4v) is 5.36.